The van der Waals surface area contributed by atoms with Crippen molar-refractivity contribution in [3.8, 4) is 0 Å². The molecule has 0 bridgehead atoms. The minimum absolute atomic E-state index is 0.0364. The molecule has 1 aromatic rings. The van der Waals surface area contributed by atoms with E-state index in [1.54, 1.807) is 24.3 Å². The maximum atomic E-state index is 12.3. The number of hydrogen-bond donors (Lipinski definition) is 0. The number of hydrogen-bond acceptors (Lipinski definition) is 5. The molecular formula is C12H16N2O3S. The predicted molar refractivity (Wildman–Crippen MR) is 67.5 cm³/mol. The lowest BCUT2D eigenvalue weighted by atomic mass is 10.3. The van der Waals surface area contributed by atoms with Gasteiger partial charge in [0, 0.05) is 6.04 Å². The van der Waals surface area contributed by atoms with Crippen LogP contribution in [0.4, 0.5) is 0 Å². The Hall–Kier alpha value is -1.43. The van der Waals surface area contributed by atoms with E-state index >= 15 is 0 Å². The molecule has 2 rings (SSSR count). The van der Waals surface area contributed by atoms with E-state index in [2.05, 4.69) is 4.98 Å². The topological polar surface area (TPSA) is 59.5 Å². The summed E-state index contributed by atoms with van der Waals surface area (Å²) >= 11 is 1.32. The third-order valence-electron chi connectivity index (χ3n) is 2.79. The van der Waals surface area contributed by atoms with E-state index in [1.165, 1.54) is 11.3 Å². The summed E-state index contributed by atoms with van der Waals surface area (Å²) in [5, 5.41) is 0. The number of ether oxygens (including phenoxy) is 1. The number of esters is 1. The van der Waals surface area contributed by atoms with Gasteiger partial charge in [-0.2, -0.15) is 0 Å². The van der Waals surface area contributed by atoms with Crippen molar-refractivity contribution in [3.63, 3.8) is 0 Å². The van der Waals surface area contributed by atoms with Gasteiger partial charge in [-0.15, -0.1) is 11.3 Å². The molecule has 1 aliphatic carbocycles. The Morgan fingerprint density at radius 2 is 2.28 bits per heavy atom. The fourth-order valence-corrected chi connectivity index (χ4v) is 2.49. The number of aryl methyl sites for hydroxylation is 1. The van der Waals surface area contributed by atoms with Crippen LogP contribution in [0.3, 0.4) is 0 Å². The zero-order valence-electron chi connectivity index (χ0n) is 10.5. The van der Waals surface area contributed by atoms with Gasteiger partial charge < -0.3 is 9.64 Å². The van der Waals surface area contributed by atoms with Gasteiger partial charge >= 0.3 is 5.97 Å². The Morgan fingerprint density at radius 1 is 1.56 bits per heavy atom. The van der Waals surface area contributed by atoms with Crippen molar-refractivity contribution in [2.75, 3.05) is 13.2 Å². The lowest BCUT2D eigenvalue weighted by Crippen LogP contribution is -2.38. The van der Waals surface area contributed by atoms with Crippen molar-refractivity contribution in [2.45, 2.75) is 32.7 Å². The zero-order chi connectivity index (χ0) is 13.1. The van der Waals surface area contributed by atoms with E-state index in [0.717, 1.165) is 18.5 Å². The number of aromatic nitrogens is 1. The maximum Gasteiger partial charge on any atom is 0.325 e. The van der Waals surface area contributed by atoms with Crippen molar-refractivity contribution in [3.05, 3.63) is 16.1 Å². The number of carbonyl (C=O) groups is 2. The molecule has 1 aliphatic rings. The Balaban J connectivity index is 2.08. The molecule has 0 aromatic carbocycles. The van der Waals surface area contributed by atoms with E-state index in [4.69, 9.17) is 4.74 Å². The molecule has 0 saturated heterocycles. The van der Waals surface area contributed by atoms with E-state index in [-0.39, 0.29) is 24.5 Å². The van der Waals surface area contributed by atoms with Crippen LogP contribution in [0.5, 0.6) is 0 Å². The highest BCUT2D eigenvalue weighted by atomic mass is 32.1. The number of carbonyl (C=O) groups excluding carboxylic acids is 2. The normalized spacial score (nSPS) is 14.3. The fraction of sp³-hybridized carbons (Fsp3) is 0.583. The number of thiazole rings is 1. The zero-order valence-corrected chi connectivity index (χ0v) is 11.3. The second-order valence-electron chi connectivity index (χ2n) is 4.24. The van der Waals surface area contributed by atoms with E-state index in [9.17, 15) is 9.59 Å². The van der Waals surface area contributed by atoms with Crippen LogP contribution in [0, 0.1) is 6.92 Å². The Kier molecular flexibility index (Phi) is 3.96. The Bertz CT molecular complexity index is 454. The summed E-state index contributed by atoms with van der Waals surface area (Å²) in [4.78, 5) is 30.1. The first-order valence-electron chi connectivity index (χ1n) is 6.00. The molecule has 1 amide bonds. The quantitative estimate of drug-likeness (QED) is 0.761. The summed E-state index contributed by atoms with van der Waals surface area (Å²) in [7, 11) is 0. The molecule has 1 saturated carbocycles. The fourth-order valence-electron chi connectivity index (χ4n) is 1.74. The van der Waals surface area contributed by atoms with Gasteiger partial charge in [-0.05, 0) is 26.7 Å². The first-order chi connectivity index (χ1) is 8.63. The summed E-state index contributed by atoms with van der Waals surface area (Å²) in [6.07, 6.45) is 1.92. The van der Waals surface area contributed by atoms with Crippen molar-refractivity contribution in [2.24, 2.45) is 0 Å². The lowest BCUT2D eigenvalue weighted by Gasteiger charge is -2.20. The highest BCUT2D eigenvalue weighted by Gasteiger charge is 2.35. The average molecular weight is 268 g/mol. The molecule has 1 heterocycles. The van der Waals surface area contributed by atoms with Gasteiger partial charge in [0.2, 0.25) is 0 Å². The van der Waals surface area contributed by atoms with Crippen LogP contribution in [0.2, 0.25) is 0 Å². The van der Waals surface area contributed by atoms with Crippen LogP contribution in [0.15, 0.2) is 5.51 Å². The van der Waals surface area contributed by atoms with E-state index < -0.39 is 0 Å². The molecule has 0 radical (unpaired) electrons. The molecule has 0 spiro atoms. The first kappa shape index (κ1) is 13.0. The minimum atomic E-state index is -0.347. The summed E-state index contributed by atoms with van der Waals surface area (Å²) in [6, 6.07) is 0.184. The second kappa shape index (κ2) is 5.48. The van der Waals surface area contributed by atoms with Crippen molar-refractivity contribution < 1.29 is 14.3 Å². The molecular weight excluding hydrogens is 252 g/mol. The van der Waals surface area contributed by atoms with Gasteiger partial charge in [0.15, 0.2) is 0 Å². The van der Waals surface area contributed by atoms with Gasteiger partial charge in [0.1, 0.15) is 11.4 Å². The number of rotatable bonds is 5. The molecule has 98 valence electrons. The second-order valence-corrected chi connectivity index (χ2v) is 5.09. The maximum absolute atomic E-state index is 12.3. The monoisotopic (exact) mass is 268 g/mol. The van der Waals surface area contributed by atoms with E-state index in [1.807, 2.05) is 0 Å². The predicted octanol–water partition coefficient (Wildman–Crippen LogP) is 1.62. The van der Waals surface area contributed by atoms with Gasteiger partial charge in [0.25, 0.3) is 5.91 Å². The smallest absolute Gasteiger partial charge is 0.325 e. The van der Waals surface area contributed by atoms with Gasteiger partial charge in [-0.1, -0.05) is 0 Å². The minimum Gasteiger partial charge on any atom is -0.465 e. The lowest BCUT2D eigenvalue weighted by molar-refractivity contribution is -0.143. The summed E-state index contributed by atoms with van der Waals surface area (Å²) in [6.45, 7) is 3.94. The highest BCUT2D eigenvalue weighted by Crippen LogP contribution is 2.29. The first-order valence-corrected chi connectivity index (χ1v) is 6.88. The van der Waals surface area contributed by atoms with Gasteiger partial charge in [0.05, 0.1) is 17.8 Å². The molecule has 1 aromatic heterocycles. The largest absolute Gasteiger partial charge is 0.465 e. The number of nitrogens with zero attached hydrogens (tertiary/aromatic N) is 2. The highest BCUT2D eigenvalue weighted by molar-refractivity contribution is 7.11. The summed E-state index contributed by atoms with van der Waals surface area (Å²) in [5.74, 6) is -0.453. The van der Waals surface area contributed by atoms with Crippen molar-refractivity contribution in [1.82, 2.24) is 9.88 Å². The van der Waals surface area contributed by atoms with Crippen LogP contribution < -0.4 is 0 Å². The summed E-state index contributed by atoms with van der Waals surface area (Å²) < 4.78 is 4.90. The van der Waals surface area contributed by atoms with Crippen LogP contribution >= 0.6 is 11.3 Å². The molecule has 0 aliphatic heterocycles. The standard InChI is InChI=1S/C12H16N2O3S/c1-3-17-10(15)6-14(9-4-5-9)12(16)11-8(2)13-7-18-11/h7,9H,3-6H2,1-2H3. The van der Waals surface area contributed by atoms with Crippen molar-refractivity contribution in [1.29, 1.82) is 0 Å². The SMILES string of the molecule is CCOC(=O)CN(C(=O)c1scnc1C)C1CC1. The molecule has 0 atom stereocenters. The molecule has 6 heteroatoms. The van der Waals surface area contributed by atoms with Gasteiger partial charge in [-0.3, -0.25) is 9.59 Å². The third kappa shape index (κ3) is 2.87. The summed E-state index contributed by atoms with van der Waals surface area (Å²) in [5.41, 5.74) is 2.37. The Labute approximate surface area is 110 Å². The Morgan fingerprint density at radius 3 is 2.78 bits per heavy atom. The van der Waals surface area contributed by atoms with Crippen molar-refractivity contribution >= 4 is 23.2 Å². The molecule has 18 heavy (non-hydrogen) atoms. The molecule has 0 unspecified atom stereocenters. The third-order valence-corrected chi connectivity index (χ3v) is 3.71. The number of amides is 1. The van der Waals surface area contributed by atoms with Crippen LogP contribution in [-0.2, 0) is 9.53 Å². The average Bonchev–Trinajstić information content (AvgIpc) is 3.08. The van der Waals surface area contributed by atoms with Gasteiger partial charge in [-0.25, -0.2) is 4.98 Å². The molecule has 5 nitrogen and oxygen atoms in total. The van der Waals surface area contributed by atoms with Crippen LogP contribution in [0.1, 0.15) is 35.1 Å². The molecule has 1 fully saturated rings. The molecule has 0 N–H and O–H groups in total. The van der Waals surface area contributed by atoms with E-state index in [0.29, 0.717) is 11.5 Å². The van der Waals surface area contributed by atoms with Crippen LogP contribution in [0.25, 0.3) is 0 Å². The van der Waals surface area contributed by atoms with Crippen LogP contribution in [-0.4, -0.2) is 41.0 Å².